The number of allylic oxidation sites excluding steroid dienone is 1. The smallest absolute Gasteiger partial charge is 0.389 e. The third-order valence-electron chi connectivity index (χ3n) is 6.18. The van der Waals surface area contributed by atoms with Gasteiger partial charge >= 0.3 is 53.6 Å². The minimum Gasteiger partial charge on any atom is -0.478 e. The maximum atomic E-state index is 13.5. The number of hydrogen-bond acceptors (Lipinski definition) is 2. The van der Waals surface area contributed by atoms with Crippen LogP contribution in [-0.4, -0.2) is 75.3 Å². The summed E-state index contributed by atoms with van der Waals surface area (Å²) in [6.45, 7) is 22.7. The van der Waals surface area contributed by atoms with Gasteiger partial charge in [0.25, 0.3) is 16.6 Å². The van der Waals surface area contributed by atoms with Gasteiger partial charge in [0.2, 0.25) is 0 Å². The molecule has 22 heteroatoms. The molecule has 0 aliphatic carbocycles. The van der Waals surface area contributed by atoms with Crippen LogP contribution in [0.4, 0.5) is 74.6 Å². The molecule has 0 heterocycles. The molecule has 0 aromatic rings. The molecule has 0 aromatic heterocycles. The Morgan fingerprint density at radius 3 is 1.12 bits per heavy atom. The van der Waals surface area contributed by atoms with Crippen LogP contribution in [0, 0.1) is 0 Å². The van der Waals surface area contributed by atoms with Gasteiger partial charge in [-0.1, -0.05) is 34.2 Å². The molecule has 0 unspecified atom stereocenters. The Bertz CT molecular complexity index is 1180. The molecule has 0 atom stereocenters. The van der Waals surface area contributed by atoms with E-state index in [-0.39, 0.29) is 6.92 Å². The van der Waals surface area contributed by atoms with Crippen LogP contribution >= 0.6 is 0 Å². The highest BCUT2D eigenvalue weighted by Gasteiger charge is 2.92. The number of carboxylic acids is 1. The van der Waals surface area contributed by atoms with E-state index in [2.05, 4.69) is 39.5 Å². The lowest BCUT2D eigenvalue weighted by molar-refractivity contribution is -0.438. The first-order chi connectivity index (χ1) is 21.1. The van der Waals surface area contributed by atoms with Crippen molar-refractivity contribution in [2.75, 3.05) is 0 Å². The van der Waals surface area contributed by atoms with Gasteiger partial charge in [-0.05, 0) is 6.92 Å². The molecule has 0 amide bonds. The van der Waals surface area contributed by atoms with Crippen molar-refractivity contribution >= 4 is 22.6 Å². The van der Waals surface area contributed by atoms with E-state index in [0.29, 0.717) is 0 Å². The highest BCUT2D eigenvalue weighted by molar-refractivity contribution is 7.00. The molecule has 0 rings (SSSR count). The van der Waals surface area contributed by atoms with Crippen molar-refractivity contribution in [3.05, 3.63) is 85.3 Å². The zero-order valence-corrected chi connectivity index (χ0v) is 26.4. The van der Waals surface area contributed by atoms with E-state index in [1.54, 1.807) is 34.2 Å². The van der Waals surface area contributed by atoms with E-state index in [1.165, 1.54) is 0 Å². The Hall–Kier alpha value is -3.15. The summed E-state index contributed by atoms with van der Waals surface area (Å²) in [5.74, 6) is -57.0. The molecule has 0 saturated carbocycles. The average Bonchev–Trinajstić information content (AvgIpc) is 2.96. The van der Waals surface area contributed by atoms with Gasteiger partial charge in [0, 0.05) is 24.5 Å². The lowest BCUT2D eigenvalue weighted by Gasteiger charge is -2.42. The molecule has 0 aromatic carbocycles. The molecule has 48 heavy (non-hydrogen) atoms. The van der Waals surface area contributed by atoms with Gasteiger partial charge in [-0.3, -0.25) is 0 Å². The maximum absolute atomic E-state index is 13.5. The molecule has 0 fully saturated rings. The monoisotopic (exact) mass is 766 g/mol. The Morgan fingerprint density at radius 2 is 0.854 bits per heavy atom. The average molecular weight is 767 g/mol. The molecule has 276 valence electrons. The van der Waals surface area contributed by atoms with Gasteiger partial charge in [0.1, 0.15) is 0 Å². The normalized spacial score (nSPS) is 14.7. The van der Waals surface area contributed by atoms with Gasteiger partial charge < -0.3 is 9.22 Å². The van der Waals surface area contributed by atoms with Crippen molar-refractivity contribution in [1.29, 1.82) is 0 Å². The predicted molar refractivity (Wildman–Crippen MR) is 145 cm³/mol. The first kappa shape index (κ1) is 47.0. The SMILES string of the molecule is C=C[Si](C=C)(C=C)O[Si](C=C)(C=C)C=C.CC(=CC(F)(F)C(F)(F)C(F)(F)C(F)(F)C(F)(F)C(F)(F)C(F)(F)CCC(F)(F)F)C(=O)O. The third kappa shape index (κ3) is 9.09. The second kappa shape index (κ2) is 15.2. The number of hydrogen-bond donors (Lipinski definition) is 1. The van der Waals surface area contributed by atoms with Crippen molar-refractivity contribution < 1.29 is 88.7 Å². The molecule has 0 spiro atoms. The molecule has 1 N–H and O–H groups in total. The van der Waals surface area contributed by atoms with Crippen LogP contribution in [0.2, 0.25) is 0 Å². The van der Waals surface area contributed by atoms with Crippen LogP contribution in [0.25, 0.3) is 0 Å². The van der Waals surface area contributed by atoms with Crippen molar-refractivity contribution in [2.45, 2.75) is 67.4 Å². The number of carbonyl (C=O) groups is 1. The van der Waals surface area contributed by atoms with Crippen LogP contribution in [0.1, 0.15) is 19.8 Å². The standard InChI is InChI=1S/C14H9F17O2.C12H18OSi2/c1-5(6(32)33)4-8(17,18)11(24,25)13(28,29)14(30,31)12(26,27)10(22,23)7(15,16)2-3-9(19,20)21;1-7-14(8-2,9-3)13-15(10-4,11-5)12-6/h4H,2-3H2,1H3,(H,32,33);7-12H,1-6H2. The quantitative estimate of drug-likeness (QED) is 0.0859. The minimum atomic E-state index is -8.46. The topological polar surface area (TPSA) is 46.5 Å². The summed E-state index contributed by atoms with van der Waals surface area (Å²) in [5.41, 5.74) is 8.75. The Morgan fingerprint density at radius 1 is 0.562 bits per heavy atom. The van der Waals surface area contributed by atoms with E-state index in [4.69, 9.17) is 9.22 Å². The Labute approximate surface area is 264 Å². The largest absolute Gasteiger partial charge is 0.478 e. The van der Waals surface area contributed by atoms with E-state index >= 15 is 0 Å². The van der Waals surface area contributed by atoms with E-state index in [1.807, 2.05) is 0 Å². The fourth-order valence-corrected chi connectivity index (χ4v) is 8.42. The fourth-order valence-electron chi connectivity index (χ4n) is 2.97. The number of aliphatic carboxylic acids is 1. The number of carboxylic acid groups (broad SMARTS) is 1. The minimum absolute atomic E-state index is 0.00652. The summed E-state index contributed by atoms with van der Waals surface area (Å²) in [6, 6.07) is 0. The summed E-state index contributed by atoms with van der Waals surface area (Å²) in [4.78, 5) is 10.3. The highest BCUT2D eigenvalue weighted by atomic mass is 28.4. The molecule has 0 radical (unpaired) electrons. The Balaban J connectivity index is 0. The summed E-state index contributed by atoms with van der Waals surface area (Å²) in [6.07, 6.45) is -13.9. The zero-order valence-electron chi connectivity index (χ0n) is 24.4. The lowest BCUT2D eigenvalue weighted by atomic mass is 9.88. The van der Waals surface area contributed by atoms with Crippen molar-refractivity contribution in [1.82, 2.24) is 0 Å². The summed E-state index contributed by atoms with van der Waals surface area (Å²) < 4.78 is 230. The van der Waals surface area contributed by atoms with Crippen LogP contribution in [0.5, 0.6) is 0 Å². The predicted octanol–water partition coefficient (Wildman–Crippen LogP) is 10.1. The summed E-state index contributed by atoms with van der Waals surface area (Å²) in [5, 5.41) is 8.24. The lowest BCUT2D eigenvalue weighted by Crippen LogP contribution is -2.72. The number of halogens is 17. The molecule has 0 bridgehead atoms. The fraction of sp³-hybridized carbons (Fsp3) is 0.423. The highest BCUT2D eigenvalue weighted by Crippen LogP contribution is 2.63. The number of alkyl halides is 17. The second-order valence-corrected chi connectivity index (χ2v) is 16.2. The van der Waals surface area contributed by atoms with Crippen LogP contribution in [0.15, 0.2) is 85.3 Å². The van der Waals surface area contributed by atoms with Crippen molar-refractivity contribution in [2.24, 2.45) is 0 Å². The van der Waals surface area contributed by atoms with Gasteiger partial charge in [-0.25, -0.2) is 4.79 Å². The first-order valence-corrected chi connectivity index (χ1v) is 16.5. The molecule has 3 nitrogen and oxygen atoms in total. The Kier molecular flexibility index (Phi) is 14.8. The summed E-state index contributed by atoms with van der Waals surface area (Å²) in [7, 11) is -4.55. The third-order valence-corrected chi connectivity index (χ3v) is 12.8. The first-order valence-electron chi connectivity index (χ1n) is 12.3. The van der Waals surface area contributed by atoms with Crippen molar-refractivity contribution in [3.63, 3.8) is 0 Å². The van der Waals surface area contributed by atoms with Crippen LogP contribution in [0.3, 0.4) is 0 Å². The van der Waals surface area contributed by atoms with Crippen molar-refractivity contribution in [3.8, 4) is 0 Å². The van der Waals surface area contributed by atoms with E-state index < -0.39 is 94.7 Å². The van der Waals surface area contributed by atoms with E-state index in [9.17, 15) is 79.4 Å². The zero-order chi connectivity index (χ0) is 39.2. The van der Waals surface area contributed by atoms with Gasteiger partial charge in [0.15, 0.2) is 0 Å². The molecular weight excluding hydrogens is 739 g/mol. The molecule has 0 aliphatic rings. The van der Waals surface area contributed by atoms with E-state index in [0.717, 1.165) is 0 Å². The molecule has 0 aliphatic heterocycles. The molecule has 0 saturated heterocycles. The van der Waals surface area contributed by atoms with Gasteiger partial charge in [-0.15, -0.1) is 39.5 Å². The molecular formula is C26H27F17O3Si2. The van der Waals surface area contributed by atoms with Crippen LogP contribution < -0.4 is 0 Å². The van der Waals surface area contributed by atoms with Gasteiger partial charge in [-0.2, -0.15) is 74.6 Å². The summed E-state index contributed by atoms with van der Waals surface area (Å²) >= 11 is 0. The second-order valence-electron chi connectivity index (χ2n) is 9.48. The number of rotatable bonds is 18. The maximum Gasteiger partial charge on any atom is 0.389 e. The van der Waals surface area contributed by atoms with Crippen LogP contribution in [-0.2, 0) is 8.91 Å². The van der Waals surface area contributed by atoms with Gasteiger partial charge in [0.05, 0.1) is 0 Å².